The number of nitrogens with zero attached hydrogens (tertiary/aromatic N) is 2. The van der Waals surface area contributed by atoms with E-state index in [1.807, 2.05) is 6.07 Å². The number of anilines is 1. The van der Waals surface area contributed by atoms with E-state index in [0.29, 0.717) is 26.9 Å². The van der Waals surface area contributed by atoms with E-state index < -0.39 is 6.04 Å². The Morgan fingerprint density at radius 2 is 1.75 bits per heavy atom. The number of carbonyl (C=O) groups excluding carboxylic acids is 1. The maximum Gasteiger partial charge on any atom is 0.260 e. The lowest BCUT2D eigenvalue weighted by Crippen LogP contribution is -2.26. The number of benzene rings is 2. The van der Waals surface area contributed by atoms with Gasteiger partial charge in [-0.25, -0.2) is 0 Å². The minimum absolute atomic E-state index is 0.217. The van der Waals surface area contributed by atoms with Gasteiger partial charge in [0.05, 0.1) is 6.07 Å². The van der Waals surface area contributed by atoms with Crippen LogP contribution >= 0.6 is 23.2 Å². The summed E-state index contributed by atoms with van der Waals surface area (Å²) in [7, 11) is 0. The second-order valence-corrected chi connectivity index (χ2v) is 5.29. The van der Waals surface area contributed by atoms with Gasteiger partial charge in [0.1, 0.15) is 0 Å². The molecular weight excluding hydrogens is 295 g/mol. The van der Waals surface area contributed by atoms with Crippen LogP contribution in [0.2, 0.25) is 10.0 Å². The van der Waals surface area contributed by atoms with Crippen LogP contribution in [-0.4, -0.2) is 5.91 Å². The van der Waals surface area contributed by atoms with E-state index in [-0.39, 0.29) is 5.91 Å². The van der Waals surface area contributed by atoms with Crippen molar-refractivity contribution < 1.29 is 4.79 Å². The number of fused-ring (bicyclic) bond motifs is 1. The zero-order valence-corrected chi connectivity index (χ0v) is 11.7. The van der Waals surface area contributed by atoms with Crippen molar-refractivity contribution in [1.82, 2.24) is 0 Å². The number of carbonyl (C=O) groups is 1. The Bertz CT molecular complexity index is 732. The highest BCUT2D eigenvalue weighted by molar-refractivity contribution is 6.35. The van der Waals surface area contributed by atoms with E-state index in [1.165, 1.54) is 4.90 Å². The van der Waals surface area contributed by atoms with E-state index in [1.54, 1.807) is 36.4 Å². The highest BCUT2D eigenvalue weighted by atomic mass is 35.5. The molecule has 0 aromatic heterocycles. The van der Waals surface area contributed by atoms with Crippen molar-refractivity contribution in [2.24, 2.45) is 0 Å². The standard InChI is InChI=1S/C15H8Cl2N2O/c16-9-5-10(17)7-11(6-9)19-14(8-18)12-3-1-2-4-13(12)15(19)20/h1-7,14H. The van der Waals surface area contributed by atoms with E-state index in [4.69, 9.17) is 23.2 Å². The molecule has 98 valence electrons. The summed E-state index contributed by atoms with van der Waals surface area (Å²) in [5, 5.41) is 10.2. The van der Waals surface area contributed by atoms with Crippen molar-refractivity contribution in [3.63, 3.8) is 0 Å². The van der Waals surface area contributed by atoms with Gasteiger partial charge < -0.3 is 0 Å². The fourth-order valence-corrected chi connectivity index (χ4v) is 2.90. The third-order valence-corrected chi connectivity index (χ3v) is 3.65. The number of hydrogen-bond donors (Lipinski definition) is 0. The summed E-state index contributed by atoms with van der Waals surface area (Å²) in [6.07, 6.45) is 0. The lowest BCUT2D eigenvalue weighted by molar-refractivity contribution is 0.0994. The predicted octanol–water partition coefficient (Wildman–Crippen LogP) is 4.22. The third-order valence-electron chi connectivity index (χ3n) is 3.21. The number of halogens is 2. The molecule has 0 saturated heterocycles. The molecule has 0 fully saturated rings. The fraction of sp³-hybridized carbons (Fsp3) is 0.0667. The molecular formula is C15H8Cl2N2O. The third kappa shape index (κ3) is 1.94. The van der Waals surface area contributed by atoms with Crippen molar-refractivity contribution in [1.29, 1.82) is 5.26 Å². The van der Waals surface area contributed by atoms with Gasteiger partial charge in [-0.2, -0.15) is 5.26 Å². The van der Waals surface area contributed by atoms with Crippen molar-refractivity contribution in [3.8, 4) is 6.07 Å². The van der Waals surface area contributed by atoms with Gasteiger partial charge in [0.25, 0.3) is 5.91 Å². The number of amides is 1. The summed E-state index contributed by atoms with van der Waals surface area (Å²) in [5.41, 5.74) is 1.77. The monoisotopic (exact) mass is 302 g/mol. The Morgan fingerprint density at radius 1 is 1.10 bits per heavy atom. The van der Waals surface area contributed by atoms with Crippen LogP contribution in [0.1, 0.15) is 22.0 Å². The molecule has 5 heteroatoms. The molecule has 1 unspecified atom stereocenters. The van der Waals surface area contributed by atoms with Crippen LogP contribution in [0, 0.1) is 11.3 Å². The van der Waals surface area contributed by atoms with Gasteiger partial charge in [0, 0.05) is 26.9 Å². The van der Waals surface area contributed by atoms with Crippen LogP contribution in [-0.2, 0) is 0 Å². The summed E-state index contributed by atoms with van der Waals surface area (Å²) < 4.78 is 0. The van der Waals surface area contributed by atoms with E-state index in [0.717, 1.165) is 0 Å². The van der Waals surface area contributed by atoms with Gasteiger partial charge in [-0.15, -0.1) is 0 Å². The molecule has 1 atom stereocenters. The number of hydrogen-bond acceptors (Lipinski definition) is 2. The topological polar surface area (TPSA) is 44.1 Å². The highest BCUT2D eigenvalue weighted by Gasteiger charge is 2.37. The van der Waals surface area contributed by atoms with Crippen LogP contribution in [0.4, 0.5) is 5.69 Å². The minimum atomic E-state index is -0.659. The lowest BCUT2D eigenvalue weighted by Gasteiger charge is -2.20. The Hall–Kier alpha value is -2.02. The first-order chi connectivity index (χ1) is 9.61. The Labute approximate surface area is 125 Å². The molecule has 0 spiro atoms. The summed E-state index contributed by atoms with van der Waals surface area (Å²) in [6, 6.07) is 13.4. The SMILES string of the molecule is N#CC1c2ccccc2C(=O)N1c1cc(Cl)cc(Cl)c1. The smallest absolute Gasteiger partial charge is 0.260 e. The molecule has 1 aliphatic heterocycles. The zero-order chi connectivity index (χ0) is 14.3. The molecule has 3 nitrogen and oxygen atoms in total. The largest absolute Gasteiger partial charge is 0.288 e. The summed E-state index contributed by atoms with van der Waals surface area (Å²) >= 11 is 11.9. The Balaban J connectivity index is 2.16. The first-order valence-electron chi connectivity index (χ1n) is 5.90. The van der Waals surface area contributed by atoms with Gasteiger partial charge in [-0.3, -0.25) is 9.69 Å². The molecule has 1 aliphatic rings. The van der Waals surface area contributed by atoms with Crippen LogP contribution in [0.3, 0.4) is 0 Å². The number of nitriles is 1. The predicted molar refractivity (Wildman–Crippen MR) is 78.1 cm³/mol. The van der Waals surface area contributed by atoms with Crippen LogP contribution in [0.15, 0.2) is 42.5 Å². The zero-order valence-electron chi connectivity index (χ0n) is 10.2. The summed E-state index contributed by atoms with van der Waals surface area (Å²) in [6.45, 7) is 0. The first-order valence-corrected chi connectivity index (χ1v) is 6.65. The maximum atomic E-state index is 12.5. The molecule has 1 amide bonds. The molecule has 0 bridgehead atoms. The molecule has 2 aromatic rings. The normalized spacial score (nSPS) is 16.9. The highest BCUT2D eigenvalue weighted by Crippen LogP contribution is 2.38. The maximum absolute atomic E-state index is 12.5. The Kier molecular flexibility index (Phi) is 3.13. The average molecular weight is 303 g/mol. The van der Waals surface area contributed by atoms with Crippen LogP contribution in [0.5, 0.6) is 0 Å². The van der Waals surface area contributed by atoms with Crippen molar-refractivity contribution in [3.05, 3.63) is 63.6 Å². The molecule has 1 heterocycles. The van der Waals surface area contributed by atoms with E-state index in [2.05, 4.69) is 6.07 Å². The van der Waals surface area contributed by atoms with Crippen molar-refractivity contribution >= 4 is 34.8 Å². The van der Waals surface area contributed by atoms with E-state index in [9.17, 15) is 10.1 Å². The van der Waals surface area contributed by atoms with Crippen LogP contribution in [0.25, 0.3) is 0 Å². The second-order valence-electron chi connectivity index (χ2n) is 4.42. The quantitative estimate of drug-likeness (QED) is 0.791. The first kappa shape index (κ1) is 13.0. The molecule has 3 rings (SSSR count). The van der Waals surface area contributed by atoms with Gasteiger partial charge in [0.2, 0.25) is 0 Å². The summed E-state index contributed by atoms with van der Waals surface area (Å²) in [5.74, 6) is -0.217. The molecule has 0 radical (unpaired) electrons. The molecule has 0 aliphatic carbocycles. The summed E-state index contributed by atoms with van der Waals surface area (Å²) in [4.78, 5) is 13.9. The van der Waals surface area contributed by atoms with E-state index >= 15 is 0 Å². The fourth-order valence-electron chi connectivity index (χ4n) is 2.39. The van der Waals surface area contributed by atoms with Gasteiger partial charge in [-0.1, -0.05) is 41.4 Å². The minimum Gasteiger partial charge on any atom is -0.288 e. The van der Waals surface area contributed by atoms with Gasteiger partial charge in [-0.05, 0) is 24.3 Å². The second kappa shape index (κ2) is 4.82. The lowest BCUT2D eigenvalue weighted by atomic mass is 10.1. The molecule has 0 N–H and O–H groups in total. The van der Waals surface area contributed by atoms with Gasteiger partial charge in [0.15, 0.2) is 6.04 Å². The molecule has 20 heavy (non-hydrogen) atoms. The Morgan fingerprint density at radius 3 is 2.40 bits per heavy atom. The average Bonchev–Trinajstić information content (AvgIpc) is 2.71. The van der Waals surface area contributed by atoms with Crippen molar-refractivity contribution in [2.45, 2.75) is 6.04 Å². The van der Waals surface area contributed by atoms with Gasteiger partial charge >= 0.3 is 0 Å². The van der Waals surface area contributed by atoms with Crippen LogP contribution < -0.4 is 4.90 Å². The molecule has 0 saturated carbocycles. The number of rotatable bonds is 1. The van der Waals surface area contributed by atoms with Crippen molar-refractivity contribution in [2.75, 3.05) is 4.90 Å². The molecule has 2 aromatic carbocycles.